The van der Waals surface area contributed by atoms with Crippen LogP contribution < -0.4 is 10.1 Å². The third-order valence-electron chi connectivity index (χ3n) is 5.56. The molecule has 3 aromatic rings. The van der Waals surface area contributed by atoms with Crippen LogP contribution in [0.15, 0.2) is 60.0 Å². The van der Waals surface area contributed by atoms with Gasteiger partial charge in [0, 0.05) is 17.5 Å². The lowest BCUT2D eigenvalue weighted by Gasteiger charge is -2.30. The Morgan fingerprint density at radius 3 is 2.40 bits per heavy atom. The first-order chi connectivity index (χ1) is 16.8. The molecule has 186 valence electrons. The van der Waals surface area contributed by atoms with E-state index in [2.05, 4.69) is 5.32 Å². The summed E-state index contributed by atoms with van der Waals surface area (Å²) in [6, 6.07) is 14.8. The van der Waals surface area contributed by atoms with E-state index >= 15 is 0 Å². The number of carbonyl (C=O) groups excluding carboxylic acids is 2. The van der Waals surface area contributed by atoms with Crippen LogP contribution in [0.2, 0.25) is 0 Å². The summed E-state index contributed by atoms with van der Waals surface area (Å²) >= 11 is 1.59. The molecule has 0 aliphatic carbocycles. The number of benzene rings is 2. The summed E-state index contributed by atoms with van der Waals surface area (Å²) in [4.78, 5) is 31.0. The van der Waals surface area contributed by atoms with E-state index in [1.807, 2.05) is 51.3 Å². The normalized spacial score (nSPS) is 10.8. The van der Waals surface area contributed by atoms with E-state index in [1.54, 1.807) is 40.5 Å². The van der Waals surface area contributed by atoms with Crippen LogP contribution in [0.25, 0.3) is 0 Å². The number of nitrogens with one attached hydrogen (secondary N) is 1. The summed E-state index contributed by atoms with van der Waals surface area (Å²) in [6.07, 6.45) is 0. The second-order valence-corrected chi connectivity index (χ2v) is 9.48. The van der Waals surface area contributed by atoms with Gasteiger partial charge in [0.15, 0.2) is 0 Å². The average Bonchev–Trinajstić information content (AvgIpc) is 3.23. The number of rotatable bonds is 10. The van der Waals surface area contributed by atoms with Gasteiger partial charge in [0.05, 0.1) is 18.8 Å². The highest BCUT2D eigenvalue weighted by Crippen LogP contribution is 2.25. The van der Waals surface area contributed by atoms with E-state index in [0.29, 0.717) is 31.1 Å². The summed E-state index contributed by atoms with van der Waals surface area (Å²) in [5.41, 5.74) is 2.48. The van der Waals surface area contributed by atoms with Crippen LogP contribution >= 0.6 is 11.3 Å². The van der Waals surface area contributed by atoms with E-state index in [-0.39, 0.29) is 30.3 Å². The number of para-hydroxylation sites is 2. The quantitative estimate of drug-likeness (QED) is 0.370. The highest BCUT2D eigenvalue weighted by Gasteiger charge is 2.25. The zero-order valence-corrected chi connectivity index (χ0v) is 21.4. The molecule has 0 aliphatic heterocycles. The molecular formula is C27H32FN3O3S. The van der Waals surface area contributed by atoms with Crippen LogP contribution in [-0.4, -0.2) is 40.9 Å². The number of ether oxygens (including phenoxy) is 1. The molecule has 3 amide bonds. The van der Waals surface area contributed by atoms with Gasteiger partial charge in [0.25, 0.3) is 0 Å². The molecule has 35 heavy (non-hydrogen) atoms. The monoisotopic (exact) mass is 497 g/mol. The molecule has 0 aliphatic rings. The first-order valence-corrected chi connectivity index (χ1v) is 12.5. The summed E-state index contributed by atoms with van der Waals surface area (Å²) in [6.45, 7) is 8.74. The number of carbonyl (C=O) groups is 2. The Bertz CT molecular complexity index is 1130. The number of hydrogen-bond acceptors (Lipinski definition) is 4. The number of thiophene rings is 1. The molecule has 0 radical (unpaired) electrons. The molecule has 0 atom stereocenters. The average molecular weight is 498 g/mol. The maximum Gasteiger partial charge on any atom is 0.322 e. The summed E-state index contributed by atoms with van der Waals surface area (Å²) in [5, 5.41) is 4.88. The Morgan fingerprint density at radius 2 is 1.77 bits per heavy atom. The van der Waals surface area contributed by atoms with Crippen molar-refractivity contribution < 1.29 is 18.7 Å². The van der Waals surface area contributed by atoms with Gasteiger partial charge >= 0.3 is 6.03 Å². The van der Waals surface area contributed by atoms with E-state index in [0.717, 1.165) is 16.0 Å². The van der Waals surface area contributed by atoms with Gasteiger partial charge < -0.3 is 19.9 Å². The van der Waals surface area contributed by atoms with Crippen LogP contribution in [-0.2, 0) is 17.9 Å². The second-order valence-electron chi connectivity index (χ2n) is 8.48. The number of amides is 3. The number of nitrogens with zero attached hydrogens (tertiary/aromatic N) is 2. The minimum Gasteiger partial charge on any atom is -0.492 e. The number of aryl methyl sites for hydroxylation is 1. The van der Waals surface area contributed by atoms with Crippen molar-refractivity contribution in [1.29, 1.82) is 0 Å². The molecular weight excluding hydrogens is 465 g/mol. The minimum atomic E-state index is -0.380. The molecule has 1 aromatic heterocycles. The number of anilines is 1. The molecule has 0 bridgehead atoms. The molecule has 0 saturated carbocycles. The Balaban J connectivity index is 1.78. The fourth-order valence-corrected chi connectivity index (χ4v) is 4.48. The van der Waals surface area contributed by atoms with Gasteiger partial charge in [-0.3, -0.25) is 4.79 Å². The van der Waals surface area contributed by atoms with Crippen LogP contribution in [0, 0.1) is 12.7 Å². The molecule has 3 rings (SSSR count). The third kappa shape index (κ3) is 7.29. The van der Waals surface area contributed by atoms with Crippen molar-refractivity contribution in [2.45, 2.75) is 46.8 Å². The van der Waals surface area contributed by atoms with Crippen molar-refractivity contribution in [2.24, 2.45) is 0 Å². The van der Waals surface area contributed by atoms with Crippen LogP contribution in [0.3, 0.4) is 0 Å². The third-order valence-corrected chi connectivity index (χ3v) is 6.57. The lowest BCUT2D eigenvalue weighted by Crippen LogP contribution is -2.47. The predicted octanol–water partition coefficient (Wildman–Crippen LogP) is 6.07. The molecule has 0 fully saturated rings. The summed E-state index contributed by atoms with van der Waals surface area (Å²) in [5.74, 6) is 0.0595. The Hall–Kier alpha value is -3.39. The van der Waals surface area contributed by atoms with Crippen molar-refractivity contribution >= 4 is 29.0 Å². The molecule has 6 nitrogen and oxygen atoms in total. The van der Waals surface area contributed by atoms with Gasteiger partial charge in [-0.15, -0.1) is 11.3 Å². The van der Waals surface area contributed by atoms with Crippen LogP contribution in [0.1, 0.15) is 36.8 Å². The van der Waals surface area contributed by atoms with Crippen molar-refractivity contribution in [3.8, 4) is 5.75 Å². The first-order valence-electron chi connectivity index (χ1n) is 11.6. The zero-order chi connectivity index (χ0) is 25.4. The predicted molar refractivity (Wildman–Crippen MR) is 138 cm³/mol. The molecule has 0 unspecified atom stereocenters. The Labute approximate surface area is 210 Å². The van der Waals surface area contributed by atoms with Gasteiger partial charge in [0.1, 0.15) is 18.1 Å². The smallest absolute Gasteiger partial charge is 0.322 e. The number of hydrogen-bond donors (Lipinski definition) is 1. The highest BCUT2D eigenvalue weighted by atomic mass is 32.1. The molecule has 1 heterocycles. The van der Waals surface area contributed by atoms with E-state index < -0.39 is 0 Å². The minimum absolute atomic E-state index is 0.0913. The summed E-state index contributed by atoms with van der Waals surface area (Å²) in [7, 11) is 0. The van der Waals surface area contributed by atoms with Crippen molar-refractivity contribution in [3.05, 3.63) is 81.8 Å². The van der Waals surface area contributed by atoms with E-state index in [1.165, 1.54) is 17.0 Å². The Kier molecular flexibility index (Phi) is 9.25. The van der Waals surface area contributed by atoms with Gasteiger partial charge in [0.2, 0.25) is 5.91 Å². The number of halogens is 1. The zero-order valence-electron chi connectivity index (χ0n) is 20.6. The van der Waals surface area contributed by atoms with Gasteiger partial charge in [-0.05, 0) is 74.5 Å². The molecule has 0 spiro atoms. The summed E-state index contributed by atoms with van der Waals surface area (Å²) < 4.78 is 19.0. The van der Waals surface area contributed by atoms with E-state index in [4.69, 9.17) is 4.74 Å². The SMILES string of the molecule is CCOc1ccccc1NC(=O)N(CC(=O)N(Cc1ccc(F)cc1)Cc1sccc1C)C(C)C. The first kappa shape index (κ1) is 26.2. The van der Waals surface area contributed by atoms with Crippen LogP contribution in [0.4, 0.5) is 14.9 Å². The lowest BCUT2D eigenvalue weighted by atomic mass is 10.2. The molecule has 0 saturated heterocycles. The highest BCUT2D eigenvalue weighted by molar-refractivity contribution is 7.10. The Morgan fingerprint density at radius 1 is 1.06 bits per heavy atom. The number of urea groups is 1. The topological polar surface area (TPSA) is 61.9 Å². The largest absolute Gasteiger partial charge is 0.492 e. The lowest BCUT2D eigenvalue weighted by molar-refractivity contribution is -0.133. The molecule has 8 heteroatoms. The van der Waals surface area contributed by atoms with E-state index in [9.17, 15) is 14.0 Å². The second kappa shape index (κ2) is 12.4. The molecule has 2 aromatic carbocycles. The van der Waals surface area contributed by atoms with Crippen molar-refractivity contribution in [2.75, 3.05) is 18.5 Å². The van der Waals surface area contributed by atoms with Crippen molar-refractivity contribution in [1.82, 2.24) is 9.80 Å². The fraction of sp³-hybridized carbons (Fsp3) is 0.333. The van der Waals surface area contributed by atoms with Crippen molar-refractivity contribution in [3.63, 3.8) is 0 Å². The molecule has 1 N–H and O–H groups in total. The standard InChI is InChI=1S/C27H32FN3O3S/c1-5-34-24-9-7-6-8-23(24)29-27(33)31(19(2)3)18-26(32)30(17-25-20(4)14-15-35-25)16-21-10-12-22(28)13-11-21/h6-15,19H,5,16-18H2,1-4H3,(H,29,33). The fourth-order valence-electron chi connectivity index (χ4n) is 3.55. The maximum atomic E-state index is 13.5. The van der Waals surface area contributed by atoms with Crippen LogP contribution in [0.5, 0.6) is 5.75 Å². The van der Waals surface area contributed by atoms with Gasteiger partial charge in [-0.1, -0.05) is 24.3 Å². The maximum absolute atomic E-state index is 13.5. The van der Waals surface area contributed by atoms with Gasteiger partial charge in [-0.25, -0.2) is 9.18 Å². The van der Waals surface area contributed by atoms with Gasteiger partial charge in [-0.2, -0.15) is 0 Å².